The predicted octanol–water partition coefficient (Wildman–Crippen LogP) is 0.640. The first-order chi connectivity index (χ1) is 12.8. The van der Waals surface area contributed by atoms with E-state index in [0.717, 1.165) is 5.56 Å². The Morgan fingerprint density at radius 2 is 1.81 bits per heavy atom. The number of rotatable bonds is 6. The summed E-state index contributed by atoms with van der Waals surface area (Å²) < 4.78 is 30.6. The van der Waals surface area contributed by atoms with Gasteiger partial charge in [0.25, 0.3) is 0 Å². The second-order valence-electron chi connectivity index (χ2n) is 6.75. The summed E-state index contributed by atoms with van der Waals surface area (Å²) in [6, 6.07) is 0. The molecule has 1 saturated heterocycles. The van der Waals surface area contributed by atoms with Crippen LogP contribution in [0.15, 0.2) is 23.5 Å². The van der Waals surface area contributed by atoms with E-state index < -0.39 is 10.0 Å². The van der Waals surface area contributed by atoms with Crippen LogP contribution < -0.4 is 0 Å². The lowest BCUT2D eigenvalue weighted by Gasteiger charge is -2.34. The lowest BCUT2D eigenvalue weighted by atomic mass is 10.3. The summed E-state index contributed by atoms with van der Waals surface area (Å²) in [6.07, 6.45) is 5.60. The van der Waals surface area contributed by atoms with Crippen molar-refractivity contribution in [3.8, 4) is 0 Å². The Labute approximate surface area is 159 Å². The molecular formula is C17H26N6O3S. The molecule has 148 valence electrons. The van der Waals surface area contributed by atoms with E-state index in [1.807, 2.05) is 20.0 Å². The molecule has 0 aliphatic carbocycles. The number of nitrogens with zero attached hydrogens (tertiary/aromatic N) is 6. The molecule has 0 N–H and O–H groups in total. The smallest absolute Gasteiger partial charge is 0.246 e. The van der Waals surface area contributed by atoms with Crippen LogP contribution in [0.5, 0.6) is 0 Å². The Hall–Kier alpha value is -2.20. The van der Waals surface area contributed by atoms with Gasteiger partial charge in [0.05, 0.1) is 11.9 Å². The van der Waals surface area contributed by atoms with Crippen molar-refractivity contribution in [3.63, 3.8) is 0 Å². The molecular weight excluding hydrogens is 368 g/mol. The second kappa shape index (κ2) is 7.81. The summed E-state index contributed by atoms with van der Waals surface area (Å²) in [5, 5.41) is 8.40. The quantitative estimate of drug-likeness (QED) is 0.717. The van der Waals surface area contributed by atoms with Crippen molar-refractivity contribution in [2.75, 3.05) is 26.2 Å². The number of sulfonamides is 1. The molecule has 2 aromatic heterocycles. The van der Waals surface area contributed by atoms with Gasteiger partial charge in [0.1, 0.15) is 4.90 Å². The molecule has 0 radical (unpaired) electrons. The first kappa shape index (κ1) is 19.6. The molecule has 9 nitrogen and oxygen atoms in total. The highest BCUT2D eigenvalue weighted by molar-refractivity contribution is 7.89. The van der Waals surface area contributed by atoms with Gasteiger partial charge in [-0.1, -0.05) is 0 Å². The van der Waals surface area contributed by atoms with Crippen LogP contribution in [0.25, 0.3) is 0 Å². The van der Waals surface area contributed by atoms with Gasteiger partial charge in [-0.2, -0.15) is 14.5 Å². The van der Waals surface area contributed by atoms with Gasteiger partial charge in [-0.25, -0.2) is 8.42 Å². The van der Waals surface area contributed by atoms with E-state index in [1.165, 1.54) is 4.31 Å². The van der Waals surface area contributed by atoms with Gasteiger partial charge >= 0.3 is 0 Å². The van der Waals surface area contributed by atoms with Gasteiger partial charge < -0.3 is 4.90 Å². The Morgan fingerprint density at radius 3 is 2.37 bits per heavy atom. The van der Waals surface area contributed by atoms with Gasteiger partial charge in [0.2, 0.25) is 15.9 Å². The maximum Gasteiger partial charge on any atom is 0.246 e. The lowest BCUT2D eigenvalue weighted by Crippen LogP contribution is -2.50. The van der Waals surface area contributed by atoms with Crippen LogP contribution in [0.1, 0.15) is 24.6 Å². The lowest BCUT2D eigenvalue weighted by molar-refractivity contribution is -0.132. The molecule has 3 heterocycles. The zero-order valence-corrected chi connectivity index (χ0v) is 16.8. The summed E-state index contributed by atoms with van der Waals surface area (Å²) in [6.45, 7) is 8.12. The number of amides is 1. The van der Waals surface area contributed by atoms with Crippen molar-refractivity contribution in [3.05, 3.63) is 29.8 Å². The third-order valence-corrected chi connectivity index (χ3v) is 6.75. The Kier molecular flexibility index (Phi) is 5.66. The summed E-state index contributed by atoms with van der Waals surface area (Å²) in [4.78, 5) is 14.4. The first-order valence-corrected chi connectivity index (χ1v) is 10.6. The van der Waals surface area contributed by atoms with Crippen LogP contribution in [-0.2, 0) is 27.9 Å². The zero-order valence-electron chi connectivity index (χ0n) is 16.0. The second-order valence-corrected chi connectivity index (χ2v) is 8.66. The number of carbonyl (C=O) groups is 1. The highest BCUT2D eigenvalue weighted by atomic mass is 32.2. The number of aryl methyl sites for hydroxylation is 4. The minimum absolute atomic E-state index is 0.0233. The van der Waals surface area contributed by atoms with Gasteiger partial charge in [-0.15, -0.1) is 0 Å². The highest BCUT2D eigenvalue weighted by Gasteiger charge is 2.32. The van der Waals surface area contributed by atoms with Crippen molar-refractivity contribution < 1.29 is 13.2 Å². The number of carbonyl (C=O) groups excluding carboxylic acids is 1. The van der Waals surface area contributed by atoms with Crippen LogP contribution in [0.3, 0.4) is 0 Å². The van der Waals surface area contributed by atoms with Crippen molar-refractivity contribution in [2.45, 2.75) is 45.2 Å². The van der Waals surface area contributed by atoms with Crippen molar-refractivity contribution in [1.29, 1.82) is 0 Å². The Morgan fingerprint density at radius 1 is 1.11 bits per heavy atom. The van der Waals surface area contributed by atoms with Gasteiger partial charge in [0.15, 0.2) is 0 Å². The predicted molar refractivity (Wildman–Crippen MR) is 99.6 cm³/mol. The van der Waals surface area contributed by atoms with E-state index in [1.54, 1.807) is 33.6 Å². The Bertz CT molecular complexity index is 909. The van der Waals surface area contributed by atoms with Crippen LogP contribution in [0.4, 0.5) is 0 Å². The molecule has 0 bridgehead atoms. The first-order valence-electron chi connectivity index (χ1n) is 9.12. The summed E-state index contributed by atoms with van der Waals surface area (Å²) in [5.74, 6) is 0.0233. The average molecular weight is 395 g/mol. The fourth-order valence-corrected chi connectivity index (χ4v) is 4.78. The van der Waals surface area contributed by atoms with Crippen LogP contribution in [0, 0.1) is 13.8 Å². The number of hydrogen-bond donors (Lipinski definition) is 0. The molecule has 0 spiro atoms. The monoisotopic (exact) mass is 394 g/mol. The van der Waals surface area contributed by atoms with Gasteiger partial charge in [-0.3, -0.25) is 14.2 Å². The van der Waals surface area contributed by atoms with Crippen LogP contribution >= 0.6 is 0 Å². The van der Waals surface area contributed by atoms with Crippen LogP contribution in [-0.4, -0.2) is 69.3 Å². The van der Waals surface area contributed by atoms with Gasteiger partial charge in [-0.05, 0) is 26.3 Å². The molecule has 1 aliphatic heterocycles. The standard InChI is InChI=1S/C17H26N6O3S/c1-4-21-13-16(15(3)19-21)27(25,26)23-9-7-20(8-10-23)17(24)5-6-22-12-14(2)11-18-22/h11-13H,4-10H2,1-3H3. The van der Waals surface area contributed by atoms with Crippen molar-refractivity contribution in [1.82, 2.24) is 28.8 Å². The topological polar surface area (TPSA) is 93.3 Å². The number of aromatic nitrogens is 4. The molecule has 1 fully saturated rings. The Balaban J connectivity index is 1.57. The van der Waals surface area contributed by atoms with Gasteiger partial charge in [0, 0.05) is 58.1 Å². The van der Waals surface area contributed by atoms with E-state index in [-0.39, 0.29) is 10.8 Å². The molecule has 3 rings (SSSR count). The molecule has 0 saturated carbocycles. The molecule has 1 amide bonds. The molecule has 10 heteroatoms. The third-order valence-electron chi connectivity index (χ3n) is 4.75. The molecule has 1 aliphatic rings. The summed E-state index contributed by atoms with van der Waals surface area (Å²) in [7, 11) is -3.59. The summed E-state index contributed by atoms with van der Waals surface area (Å²) >= 11 is 0. The number of hydrogen-bond acceptors (Lipinski definition) is 5. The molecule has 27 heavy (non-hydrogen) atoms. The van der Waals surface area contributed by atoms with E-state index in [0.29, 0.717) is 51.4 Å². The fourth-order valence-electron chi connectivity index (χ4n) is 3.19. The minimum Gasteiger partial charge on any atom is -0.340 e. The maximum atomic E-state index is 12.9. The highest BCUT2D eigenvalue weighted by Crippen LogP contribution is 2.20. The molecule has 0 unspecified atom stereocenters. The van der Waals surface area contributed by atoms with Crippen LogP contribution in [0.2, 0.25) is 0 Å². The normalized spacial score (nSPS) is 16.0. The van der Waals surface area contributed by atoms with E-state index in [2.05, 4.69) is 10.2 Å². The molecule has 0 aromatic carbocycles. The third kappa shape index (κ3) is 4.22. The van der Waals surface area contributed by atoms with Crippen molar-refractivity contribution >= 4 is 15.9 Å². The van der Waals surface area contributed by atoms with Crippen molar-refractivity contribution in [2.24, 2.45) is 0 Å². The van der Waals surface area contributed by atoms with E-state index >= 15 is 0 Å². The fraction of sp³-hybridized carbons (Fsp3) is 0.588. The average Bonchev–Trinajstić information content (AvgIpc) is 3.25. The van der Waals surface area contributed by atoms with E-state index in [9.17, 15) is 13.2 Å². The molecule has 0 atom stereocenters. The number of piperazine rings is 1. The van der Waals surface area contributed by atoms with E-state index in [4.69, 9.17) is 0 Å². The zero-order chi connectivity index (χ0) is 19.6. The maximum absolute atomic E-state index is 12.9. The minimum atomic E-state index is -3.59. The molecule has 2 aromatic rings. The summed E-state index contributed by atoms with van der Waals surface area (Å²) in [5.41, 5.74) is 1.56. The largest absolute Gasteiger partial charge is 0.340 e. The SMILES string of the molecule is CCn1cc(S(=O)(=O)N2CCN(C(=O)CCn3cc(C)cn3)CC2)c(C)n1.